The average Bonchev–Trinajstić information content (AvgIpc) is 3.47. The molecule has 0 amide bonds. The zero-order valence-electron chi connectivity index (χ0n) is 16.7. The topological polar surface area (TPSA) is 70.6 Å². The minimum absolute atomic E-state index is 0.0628. The third kappa shape index (κ3) is 3.50. The Morgan fingerprint density at radius 2 is 1.86 bits per heavy atom. The molecule has 1 N–H and O–H groups in total. The fraction of sp³-hybridized carbons (Fsp3) is 0.455. The Labute approximate surface area is 170 Å². The van der Waals surface area contributed by atoms with Crippen LogP contribution < -0.4 is 0 Å². The lowest BCUT2D eigenvalue weighted by Gasteiger charge is -2.27. The maximum absolute atomic E-state index is 10.3. The number of nitrogens with zero attached hydrogens (tertiary/aromatic N) is 5. The number of fused-ring (bicyclic) bond motifs is 1. The number of aliphatic hydroxyl groups excluding tert-OH is 1. The minimum atomic E-state index is -0.0628. The van der Waals surface area contributed by atoms with Crippen molar-refractivity contribution in [3.8, 4) is 5.69 Å². The van der Waals surface area contributed by atoms with Crippen molar-refractivity contribution >= 4 is 0 Å². The highest BCUT2D eigenvalue weighted by Crippen LogP contribution is 2.43. The highest BCUT2D eigenvalue weighted by molar-refractivity contribution is 5.32. The number of aryl methyl sites for hydroxylation is 1. The van der Waals surface area contributed by atoms with Gasteiger partial charge in [-0.1, -0.05) is 23.4 Å². The molecular formula is C22H27N5O2. The SMILES string of the molecule is Cc1cc(CN2CC3CN(Cc4ccnn4-c4ccccc4)CC3(CO)C2)on1. The fourth-order valence-corrected chi connectivity index (χ4v) is 5.06. The Balaban J connectivity index is 1.27. The normalized spacial score (nSPS) is 25.0. The van der Waals surface area contributed by atoms with Crippen molar-refractivity contribution in [2.24, 2.45) is 11.3 Å². The van der Waals surface area contributed by atoms with Crippen LogP contribution in [0.25, 0.3) is 5.69 Å². The number of para-hydroxylation sites is 1. The summed E-state index contributed by atoms with van der Waals surface area (Å²) in [5.41, 5.74) is 3.11. The lowest BCUT2D eigenvalue weighted by atomic mass is 9.82. The van der Waals surface area contributed by atoms with Crippen molar-refractivity contribution in [2.45, 2.75) is 20.0 Å². The largest absolute Gasteiger partial charge is 0.396 e. The van der Waals surface area contributed by atoms with E-state index in [2.05, 4.69) is 38.3 Å². The second kappa shape index (κ2) is 7.40. The van der Waals surface area contributed by atoms with Crippen molar-refractivity contribution in [3.63, 3.8) is 0 Å². The molecule has 7 heteroatoms. The maximum atomic E-state index is 10.3. The molecule has 0 saturated carbocycles. The van der Waals surface area contributed by atoms with Crippen molar-refractivity contribution in [3.05, 3.63) is 65.8 Å². The first kappa shape index (κ1) is 18.5. The van der Waals surface area contributed by atoms with E-state index in [1.54, 1.807) is 0 Å². The molecule has 3 aromatic rings. The van der Waals surface area contributed by atoms with Crippen molar-refractivity contribution in [2.75, 3.05) is 32.8 Å². The number of aliphatic hydroxyl groups is 1. The van der Waals surface area contributed by atoms with E-state index in [9.17, 15) is 5.11 Å². The first-order chi connectivity index (χ1) is 14.1. The molecule has 2 unspecified atom stereocenters. The van der Waals surface area contributed by atoms with Gasteiger partial charge in [0.1, 0.15) is 0 Å². The van der Waals surface area contributed by atoms with Crippen LogP contribution in [0.3, 0.4) is 0 Å². The van der Waals surface area contributed by atoms with Crippen LogP contribution in [-0.4, -0.2) is 62.6 Å². The zero-order chi connectivity index (χ0) is 19.8. The molecule has 152 valence electrons. The lowest BCUT2D eigenvalue weighted by Crippen LogP contribution is -2.37. The van der Waals surface area contributed by atoms with Gasteiger partial charge in [0, 0.05) is 50.4 Å². The van der Waals surface area contributed by atoms with Crippen LogP contribution in [0.2, 0.25) is 0 Å². The standard InChI is InChI=1S/C22H27N5O2/c1-17-9-21(29-24-17)13-26-11-18-10-25(14-22(18,15-26)16-28)12-20-7-8-23-27(20)19-5-3-2-4-6-19/h2-9,18,28H,10-16H2,1H3. The van der Waals surface area contributed by atoms with Crippen LogP contribution in [0.1, 0.15) is 17.1 Å². The molecule has 7 nitrogen and oxygen atoms in total. The molecule has 2 fully saturated rings. The molecule has 0 aliphatic carbocycles. The lowest BCUT2D eigenvalue weighted by molar-refractivity contribution is 0.108. The first-order valence-electron chi connectivity index (χ1n) is 10.2. The van der Waals surface area contributed by atoms with E-state index in [-0.39, 0.29) is 12.0 Å². The van der Waals surface area contributed by atoms with Gasteiger partial charge in [0.2, 0.25) is 0 Å². The van der Waals surface area contributed by atoms with Gasteiger partial charge in [0.25, 0.3) is 0 Å². The monoisotopic (exact) mass is 393 g/mol. The fourth-order valence-electron chi connectivity index (χ4n) is 5.06. The van der Waals surface area contributed by atoms with E-state index in [0.717, 1.165) is 56.4 Å². The summed E-state index contributed by atoms with van der Waals surface area (Å²) >= 11 is 0. The predicted molar refractivity (Wildman–Crippen MR) is 108 cm³/mol. The molecule has 0 radical (unpaired) electrons. The molecule has 0 bridgehead atoms. The summed E-state index contributed by atoms with van der Waals surface area (Å²) in [6, 6.07) is 14.3. The van der Waals surface area contributed by atoms with Crippen LogP contribution in [0.15, 0.2) is 53.2 Å². The summed E-state index contributed by atoms with van der Waals surface area (Å²) in [5, 5.41) is 18.8. The molecule has 4 heterocycles. The predicted octanol–water partition coefficient (Wildman–Crippen LogP) is 2.10. The number of hydrogen-bond acceptors (Lipinski definition) is 6. The van der Waals surface area contributed by atoms with Gasteiger partial charge in [-0.15, -0.1) is 0 Å². The Kier molecular flexibility index (Phi) is 4.73. The molecule has 2 aliphatic rings. The molecule has 29 heavy (non-hydrogen) atoms. The van der Waals surface area contributed by atoms with Gasteiger partial charge in [0.05, 0.1) is 30.2 Å². The Morgan fingerprint density at radius 3 is 2.52 bits per heavy atom. The Bertz CT molecular complexity index is 969. The third-order valence-corrected chi connectivity index (χ3v) is 6.38. The smallest absolute Gasteiger partial charge is 0.150 e. The van der Waals surface area contributed by atoms with Gasteiger partial charge in [0.15, 0.2) is 5.76 Å². The molecule has 1 aromatic carbocycles. The highest BCUT2D eigenvalue weighted by atomic mass is 16.5. The van der Waals surface area contributed by atoms with E-state index in [1.165, 1.54) is 5.69 Å². The molecule has 2 atom stereocenters. The van der Waals surface area contributed by atoms with Crippen LogP contribution in [0.4, 0.5) is 0 Å². The van der Waals surface area contributed by atoms with Gasteiger partial charge >= 0.3 is 0 Å². The summed E-state index contributed by atoms with van der Waals surface area (Å²) in [6.45, 7) is 7.54. The van der Waals surface area contributed by atoms with Crippen molar-refractivity contribution < 1.29 is 9.63 Å². The number of benzene rings is 1. The van der Waals surface area contributed by atoms with Gasteiger partial charge in [-0.25, -0.2) is 4.68 Å². The van der Waals surface area contributed by atoms with Crippen LogP contribution in [0, 0.1) is 18.3 Å². The van der Waals surface area contributed by atoms with E-state index < -0.39 is 0 Å². The van der Waals surface area contributed by atoms with E-state index in [0.29, 0.717) is 5.92 Å². The average molecular weight is 393 g/mol. The quantitative estimate of drug-likeness (QED) is 0.692. The van der Waals surface area contributed by atoms with Gasteiger partial charge in [-0.3, -0.25) is 9.80 Å². The van der Waals surface area contributed by atoms with Gasteiger partial charge in [-0.05, 0) is 31.0 Å². The highest BCUT2D eigenvalue weighted by Gasteiger charge is 2.52. The second-order valence-corrected chi connectivity index (χ2v) is 8.56. The van der Waals surface area contributed by atoms with Crippen LogP contribution in [0.5, 0.6) is 0 Å². The molecule has 2 aromatic heterocycles. The molecule has 2 aliphatic heterocycles. The number of aromatic nitrogens is 3. The number of likely N-dealkylation sites (tertiary alicyclic amines) is 2. The molecular weight excluding hydrogens is 366 g/mol. The maximum Gasteiger partial charge on any atom is 0.150 e. The summed E-state index contributed by atoms with van der Waals surface area (Å²) in [5.74, 6) is 1.36. The van der Waals surface area contributed by atoms with Crippen LogP contribution in [-0.2, 0) is 13.1 Å². The second-order valence-electron chi connectivity index (χ2n) is 8.56. The molecule has 2 saturated heterocycles. The van der Waals surface area contributed by atoms with Gasteiger partial charge < -0.3 is 9.63 Å². The third-order valence-electron chi connectivity index (χ3n) is 6.38. The van der Waals surface area contributed by atoms with Crippen LogP contribution >= 0.6 is 0 Å². The Hall–Kier alpha value is -2.48. The Morgan fingerprint density at radius 1 is 1.10 bits per heavy atom. The number of hydrogen-bond donors (Lipinski definition) is 1. The van der Waals surface area contributed by atoms with Gasteiger partial charge in [-0.2, -0.15) is 5.10 Å². The summed E-state index contributed by atoms with van der Waals surface area (Å²) in [4.78, 5) is 4.86. The number of rotatable bonds is 6. The van der Waals surface area contributed by atoms with E-state index in [4.69, 9.17) is 4.52 Å². The van der Waals surface area contributed by atoms with E-state index >= 15 is 0 Å². The summed E-state index contributed by atoms with van der Waals surface area (Å²) < 4.78 is 7.40. The zero-order valence-corrected chi connectivity index (χ0v) is 16.7. The van der Waals surface area contributed by atoms with E-state index in [1.807, 2.05) is 42.1 Å². The van der Waals surface area contributed by atoms with Crippen molar-refractivity contribution in [1.82, 2.24) is 24.7 Å². The minimum Gasteiger partial charge on any atom is -0.396 e. The molecule has 0 spiro atoms. The summed E-state index contributed by atoms with van der Waals surface area (Å²) in [7, 11) is 0. The first-order valence-corrected chi connectivity index (χ1v) is 10.2. The summed E-state index contributed by atoms with van der Waals surface area (Å²) in [6.07, 6.45) is 1.86. The van der Waals surface area contributed by atoms with Crippen molar-refractivity contribution in [1.29, 1.82) is 0 Å². The molecule has 5 rings (SSSR count).